The average molecular weight is 631 g/mol. The standard InChI is InChI=1S/C37H58O8/c1-22-18-24(30(32(5,6)41)43-23(2)40)44-28-19-33(7)26-11-10-25-31(3,4)27(45-29(20-39)42-17-16-38)12-13-36(25)21-37(26,36)15-14-34(33,8)35(22,28)9/h16,20,22,24-30,41H,10-15,17-19,21H2,1-9H3. The Hall–Kier alpha value is -1.35. The highest BCUT2D eigenvalue weighted by Crippen LogP contribution is 2.90. The van der Waals surface area contributed by atoms with Crippen molar-refractivity contribution in [3.05, 3.63) is 0 Å². The van der Waals surface area contributed by atoms with Gasteiger partial charge in [-0.1, -0.05) is 41.5 Å². The van der Waals surface area contributed by atoms with Gasteiger partial charge < -0.3 is 28.8 Å². The molecule has 6 aliphatic rings. The van der Waals surface area contributed by atoms with Crippen molar-refractivity contribution in [1.29, 1.82) is 0 Å². The molecule has 45 heavy (non-hydrogen) atoms. The van der Waals surface area contributed by atoms with Crippen molar-refractivity contribution in [2.45, 2.75) is 156 Å². The van der Waals surface area contributed by atoms with Crippen LogP contribution in [0.2, 0.25) is 0 Å². The normalized spacial score (nSPS) is 49.2. The fourth-order valence-electron chi connectivity index (χ4n) is 13.3. The van der Waals surface area contributed by atoms with Crippen LogP contribution in [-0.2, 0) is 33.3 Å². The summed E-state index contributed by atoms with van der Waals surface area (Å²) in [4.78, 5) is 34.6. The molecule has 0 aromatic heterocycles. The van der Waals surface area contributed by atoms with Crippen molar-refractivity contribution in [2.24, 2.45) is 50.2 Å². The summed E-state index contributed by atoms with van der Waals surface area (Å²) in [6.45, 7) is 19.3. The molecule has 0 aromatic rings. The lowest BCUT2D eigenvalue weighted by atomic mass is 9.39. The molecule has 1 saturated heterocycles. The number of rotatable bonds is 9. The molecular formula is C37H58O8. The van der Waals surface area contributed by atoms with Crippen molar-refractivity contribution in [1.82, 2.24) is 0 Å². The SMILES string of the molecule is CC(=O)OC(C1CC(C)C2(C)C(CC3(C)C4CCC5C(C)(C)C(OC(C=O)OCC=O)CCC56CC46CCC32C)O1)C(C)(C)O. The van der Waals surface area contributed by atoms with Gasteiger partial charge in [0.15, 0.2) is 12.4 Å². The van der Waals surface area contributed by atoms with E-state index in [0.29, 0.717) is 41.2 Å². The number of carbonyl (C=O) groups excluding carboxylic acids is 3. The molecule has 13 unspecified atom stereocenters. The van der Waals surface area contributed by atoms with E-state index in [4.69, 9.17) is 18.9 Å². The van der Waals surface area contributed by atoms with Gasteiger partial charge in [0.25, 0.3) is 0 Å². The van der Waals surface area contributed by atoms with Gasteiger partial charge in [0, 0.05) is 12.3 Å². The third kappa shape index (κ3) is 4.39. The molecule has 0 amide bonds. The Balaban J connectivity index is 1.27. The van der Waals surface area contributed by atoms with E-state index in [2.05, 4.69) is 41.5 Å². The molecule has 1 N–H and O–H groups in total. The third-order valence-corrected chi connectivity index (χ3v) is 15.7. The number of fused-ring (bicyclic) bond motifs is 4. The summed E-state index contributed by atoms with van der Waals surface area (Å²) in [6.07, 6.45) is 9.06. The predicted octanol–water partition coefficient (Wildman–Crippen LogP) is 6.05. The van der Waals surface area contributed by atoms with Crippen LogP contribution in [-0.4, -0.2) is 66.6 Å². The van der Waals surface area contributed by atoms with Gasteiger partial charge in [0.05, 0.1) is 23.9 Å². The van der Waals surface area contributed by atoms with E-state index in [1.807, 2.05) is 0 Å². The molecule has 6 fully saturated rings. The van der Waals surface area contributed by atoms with Crippen molar-refractivity contribution in [2.75, 3.05) is 6.61 Å². The first-order valence-electron chi connectivity index (χ1n) is 17.6. The Morgan fingerprint density at radius 1 is 1.02 bits per heavy atom. The number of ether oxygens (including phenoxy) is 4. The van der Waals surface area contributed by atoms with Gasteiger partial charge >= 0.3 is 5.97 Å². The highest BCUT2D eigenvalue weighted by Gasteiger charge is 2.84. The van der Waals surface area contributed by atoms with Gasteiger partial charge in [0.2, 0.25) is 6.29 Å². The van der Waals surface area contributed by atoms with Gasteiger partial charge in [0.1, 0.15) is 12.9 Å². The molecule has 0 bridgehead atoms. The largest absolute Gasteiger partial charge is 0.457 e. The second-order valence-corrected chi connectivity index (χ2v) is 17.9. The van der Waals surface area contributed by atoms with Crippen LogP contribution in [0, 0.1) is 50.2 Å². The summed E-state index contributed by atoms with van der Waals surface area (Å²) < 4.78 is 24.4. The van der Waals surface area contributed by atoms with Crippen molar-refractivity contribution in [3.8, 4) is 0 Å². The van der Waals surface area contributed by atoms with E-state index < -0.39 is 18.0 Å². The van der Waals surface area contributed by atoms with Crippen LogP contribution in [0.4, 0.5) is 0 Å². The molecule has 1 aliphatic heterocycles. The summed E-state index contributed by atoms with van der Waals surface area (Å²) in [5, 5.41) is 11.0. The number of esters is 1. The molecule has 13 atom stereocenters. The first-order chi connectivity index (χ1) is 20.9. The quantitative estimate of drug-likeness (QED) is 0.186. The zero-order valence-corrected chi connectivity index (χ0v) is 29.1. The molecule has 5 saturated carbocycles. The van der Waals surface area contributed by atoms with Crippen LogP contribution in [0.25, 0.3) is 0 Å². The zero-order valence-electron chi connectivity index (χ0n) is 29.1. The van der Waals surface area contributed by atoms with Gasteiger partial charge in [-0.15, -0.1) is 0 Å². The van der Waals surface area contributed by atoms with Crippen LogP contribution >= 0.6 is 0 Å². The second-order valence-electron chi connectivity index (χ2n) is 17.9. The number of hydrogen-bond acceptors (Lipinski definition) is 8. The Bertz CT molecular complexity index is 1210. The minimum Gasteiger partial charge on any atom is -0.457 e. The van der Waals surface area contributed by atoms with E-state index in [9.17, 15) is 19.5 Å². The van der Waals surface area contributed by atoms with Gasteiger partial charge in [-0.3, -0.25) is 9.59 Å². The fraction of sp³-hybridized carbons (Fsp3) is 0.919. The van der Waals surface area contributed by atoms with E-state index in [1.54, 1.807) is 13.8 Å². The average Bonchev–Trinajstić information content (AvgIpc) is 3.57. The summed E-state index contributed by atoms with van der Waals surface area (Å²) >= 11 is 0. The molecule has 0 radical (unpaired) electrons. The molecule has 254 valence electrons. The van der Waals surface area contributed by atoms with Crippen molar-refractivity contribution < 1.29 is 38.4 Å². The molecule has 0 aromatic carbocycles. The van der Waals surface area contributed by atoms with E-state index in [0.717, 1.165) is 32.1 Å². The van der Waals surface area contributed by atoms with Crippen molar-refractivity contribution >= 4 is 18.5 Å². The highest BCUT2D eigenvalue weighted by atomic mass is 16.7. The lowest BCUT2D eigenvalue weighted by Crippen LogP contribution is -2.61. The maximum Gasteiger partial charge on any atom is 0.303 e. The smallest absolute Gasteiger partial charge is 0.303 e. The maximum absolute atomic E-state index is 12.1. The predicted molar refractivity (Wildman–Crippen MR) is 168 cm³/mol. The summed E-state index contributed by atoms with van der Waals surface area (Å²) in [5.41, 5.74) is -0.488. The second kappa shape index (κ2) is 10.6. The topological polar surface area (TPSA) is 108 Å². The van der Waals surface area contributed by atoms with Gasteiger partial charge in [-0.05, 0) is 116 Å². The van der Waals surface area contributed by atoms with E-state index in [1.165, 1.54) is 32.6 Å². The minimum absolute atomic E-state index is 0.0186. The Kier molecular flexibility index (Phi) is 7.88. The number of carbonyl (C=O) groups is 3. The Labute approximate surface area is 270 Å². The first kappa shape index (κ1) is 33.5. The number of aliphatic hydroxyl groups is 1. The molecule has 8 heteroatoms. The van der Waals surface area contributed by atoms with E-state index in [-0.39, 0.29) is 52.5 Å². The lowest BCUT2D eigenvalue weighted by molar-refractivity contribution is -0.237. The van der Waals surface area contributed by atoms with Crippen LogP contribution in [0.15, 0.2) is 0 Å². The van der Waals surface area contributed by atoms with E-state index >= 15 is 0 Å². The molecular weight excluding hydrogens is 572 g/mol. The summed E-state index contributed by atoms with van der Waals surface area (Å²) in [7, 11) is 0. The third-order valence-electron chi connectivity index (χ3n) is 15.7. The Morgan fingerprint density at radius 2 is 1.69 bits per heavy atom. The minimum atomic E-state index is -1.20. The maximum atomic E-state index is 12.1. The molecule has 1 heterocycles. The lowest BCUT2D eigenvalue weighted by Gasteiger charge is -2.65. The zero-order chi connectivity index (χ0) is 33.0. The van der Waals surface area contributed by atoms with Crippen LogP contribution < -0.4 is 0 Å². The number of aldehydes is 2. The van der Waals surface area contributed by atoms with Gasteiger partial charge in [-0.25, -0.2) is 0 Å². The molecule has 6 rings (SSSR count). The van der Waals surface area contributed by atoms with Crippen LogP contribution in [0.3, 0.4) is 0 Å². The summed E-state index contributed by atoms with van der Waals surface area (Å²) in [5.74, 6) is 1.09. The van der Waals surface area contributed by atoms with Gasteiger partial charge in [-0.2, -0.15) is 0 Å². The van der Waals surface area contributed by atoms with Crippen LogP contribution in [0.5, 0.6) is 0 Å². The number of hydrogen-bond donors (Lipinski definition) is 1. The first-order valence-corrected chi connectivity index (χ1v) is 17.6. The van der Waals surface area contributed by atoms with Crippen LogP contribution in [0.1, 0.15) is 120 Å². The molecule has 2 spiro atoms. The highest BCUT2D eigenvalue weighted by molar-refractivity contribution is 5.66. The molecule has 5 aliphatic carbocycles. The van der Waals surface area contributed by atoms with Crippen molar-refractivity contribution in [3.63, 3.8) is 0 Å². The monoisotopic (exact) mass is 630 g/mol. The summed E-state index contributed by atoms with van der Waals surface area (Å²) in [6, 6.07) is 0. The fourth-order valence-corrected chi connectivity index (χ4v) is 13.3. The molecule has 8 nitrogen and oxygen atoms in total. The Morgan fingerprint density at radius 3 is 2.31 bits per heavy atom.